The predicted molar refractivity (Wildman–Crippen MR) is 44.4 cm³/mol. The van der Waals surface area contributed by atoms with Gasteiger partial charge in [0.1, 0.15) is 0 Å². The standard InChI is InChI=1S/C9H17NO/c1-7-4-8-2-3-9(6-11)10(8)5-7/h7-9,11H,2-6H2,1H3. The zero-order valence-corrected chi connectivity index (χ0v) is 7.16. The lowest BCUT2D eigenvalue weighted by Crippen LogP contribution is -2.34. The van der Waals surface area contributed by atoms with Crippen LogP contribution in [0, 0.1) is 5.92 Å². The maximum Gasteiger partial charge on any atom is 0.0586 e. The second-order valence-corrected chi connectivity index (χ2v) is 4.11. The summed E-state index contributed by atoms with van der Waals surface area (Å²) in [5, 5.41) is 9.06. The van der Waals surface area contributed by atoms with Gasteiger partial charge in [-0.1, -0.05) is 6.92 Å². The van der Waals surface area contributed by atoms with Crippen LogP contribution in [0.5, 0.6) is 0 Å². The smallest absolute Gasteiger partial charge is 0.0586 e. The largest absolute Gasteiger partial charge is 0.395 e. The third-order valence-electron chi connectivity index (χ3n) is 3.18. The van der Waals surface area contributed by atoms with E-state index in [1.807, 2.05) is 0 Å². The van der Waals surface area contributed by atoms with Gasteiger partial charge in [-0.3, -0.25) is 4.90 Å². The topological polar surface area (TPSA) is 23.5 Å². The van der Waals surface area contributed by atoms with E-state index in [2.05, 4.69) is 11.8 Å². The van der Waals surface area contributed by atoms with E-state index in [4.69, 9.17) is 5.11 Å². The third kappa shape index (κ3) is 1.18. The van der Waals surface area contributed by atoms with Crippen LogP contribution >= 0.6 is 0 Å². The number of hydrogen-bond acceptors (Lipinski definition) is 2. The molecule has 64 valence electrons. The van der Waals surface area contributed by atoms with E-state index in [-0.39, 0.29) is 0 Å². The van der Waals surface area contributed by atoms with Gasteiger partial charge in [-0.05, 0) is 25.2 Å². The van der Waals surface area contributed by atoms with E-state index in [0.717, 1.165) is 12.0 Å². The maximum absolute atomic E-state index is 9.06. The molecule has 0 aromatic heterocycles. The first kappa shape index (κ1) is 7.56. The molecule has 0 saturated carbocycles. The van der Waals surface area contributed by atoms with Crippen LogP contribution in [0.1, 0.15) is 26.2 Å². The average Bonchev–Trinajstić information content (AvgIpc) is 2.45. The molecule has 2 aliphatic heterocycles. The fourth-order valence-corrected chi connectivity index (χ4v) is 2.66. The lowest BCUT2D eigenvalue weighted by Gasteiger charge is -2.21. The summed E-state index contributed by atoms with van der Waals surface area (Å²) in [4.78, 5) is 2.50. The highest BCUT2D eigenvalue weighted by Crippen LogP contribution is 2.34. The minimum Gasteiger partial charge on any atom is -0.395 e. The Hall–Kier alpha value is -0.0800. The van der Waals surface area contributed by atoms with Crippen molar-refractivity contribution in [3.05, 3.63) is 0 Å². The Balaban J connectivity index is 2.01. The van der Waals surface area contributed by atoms with Gasteiger partial charge in [0.05, 0.1) is 6.61 Å². The molecule has 2 rings (SSSR count). The van der Waals surface area contributed by atoms with Crippen LogP contribution in [0.4, 0.5) is 0 Å². The number of rotatable bonds is 1. The average molecular weight is 155 g/mol. The molecular formula is C9H17NO. The van der Waals surface area contributed by atoms with Gasteiger partial charge in [0.2, 0.25) is 0 Å². The summed E-state index contributed by atoms with van der Waals surface area (Å²) in [5.74, 6) is 0.856. The Morgan fingerprint density at radius 1 is 1.45 bits per heavy atom. The van der Waals surface area contributed by atoms with E-state index in [1.54, 1.807) is 0 Å². The Morgan fingerprint density at radius 3 is 3.00 bits per heavy atom. The highest BCUT2D eigenvalue weighted by Gasteiger charge is 2.38. The summed E-state index contributed by atoms with van der Waals surface area (Å²) in [7, 11) is 0. The van der Waals surface area contributed by atoms with Crippen molar-refractivity contribution in [2.45, 2.75) is 38.3 Å². The number of fused-ring (bicyclic) bond motifs is 1. The molecule has 0 radical (unpaired) electrons. The molecule has 0 aromatic carbocycles. The number of aliphatic hydroxyl groups excluding tert-OH is 1. The van der Waals surface area contributed by atoms with E-state index in [1.165, 1.54) is 25.8 Å². The zero-order valence-electron chi connectivity index (χ0n) is 7.16. The summed E-state index contributed by atoms with van der Waals surface area (Å²) < 4.78 is 0. The van der Waals surface area contributed by atoms with Gasteiger partial charge in [0, 0.05) is 18.6 Å². The summed E-state index contributed by atoms with van der Waals surface area (Å²) >= 11 is 0. The molecular weight excluding hydrogens is 138 g/mol. The zero-order chi connectivity index (χ0) is 7.84. The van der Waals surface area contributed by atoms with Crippen molar-refractivity contribution < 1.29 is 5.11 Å². The van der Waals surface area contributed by atoms with Gasteiger partial charge in [-0.2, -0.15) is 0 Å². The maximum atomic E-state index is 9.06. The van der Waals surface area contributed by atoms with E-state index < -0.39 is 0 Å². The SMILES string of the molecule is CC1CC2CCC(CO)N2C1. The summed E-state index contributed by atoms with van der Waals surface area (Å²) in [6.07, 6.45) is 3.89. The predicted octanol–water partition coefficient (Wildman–Crippen LogP) is 0.851. The van der Waals surface area contributed by atoms with Gasteiger partial charge in [0.25, 0.3) is 0 Å². The molecule has 11 heavy (non-hydrogen) atoms. The van der Waals surface area contributed by atoms with Crippen molar-refractivity contribution in [3.63, 3.8) is 0 Å². The highest BCUT2D eigenvalue weighted by molar-refractivity contribution is 4.93. The van der Waals surface area contributed by atoms with E-state index in [9.17, 15) is 0 Å². The molecule has 2 aliphatic rings. The first-order valence-corrected chi connectivity index (χ1v) is 4.68. The second-order valence-electron chi connectivity index (χ2n) is 4.11. The molecule has 0 aromatic rings. The fraction of sp³-hybridized carbons (Fsp3) is 1.00. The van der Waals surface area contributed by atoms with Crippen molar-refractivity contribution in [1.82, 2.24) is 4.90 Å². The Labute approximate surface area is 68.2 Å². The monoisotopic (exact) mass is 155 g/mol. The molecule has 0 spiro atoms. The van der Waals surface area contributed by atoms with Crippen LogP contribution in [0.25, 0.3) is 0 Å². The molecule has 2 nitrogen and oxygen atoms in total. The molecule has 2 heterocycles. The third-order valence-corrected chi connectivity index (χ3v) is 3.18. The number of nitrogens with zero attached hydrogens (tertiary/aromatic N) is 1. The first-order valence-electron chi connectivity index (χ1n) is 4.68. The number of hydrogen-bond donors (Lipinski definition) is 1. The molecule has 0 amide bonds. The fourth-order valence-electron chi connectivity index (χ4n) is 2.66. The van der Waals surface area contributed by atoms with Gasteiger partial charge in [-0.15, -0.1) is 0 Å². The second kappa shape index (κ2) is 2.76. The summed E-state index contributed by atoms with van der Waals surface area (Å²) in [6.45, 7) is 3.89. The van der Waals surface area contributed by atoms with Crippen LogP contribution in [0.3, 0.4) is 0 Å². The van der Waals surface area contributed by atoms with Crippen LogP contribution in [0.15, 0.2) is 0 Å². The van der Waals surface area contributed by atoms with E-state index >= 15 is 0 Å². The lowest BCUT2D eigenvalue weighted by molar-refractivity contribution is 0.153. The van der Waals surface area contributed by atoms with Crippen molar-refractivity contribution in [2.24, 2.45) is 5.92 Å². The van der Waals surface area contributed by atoms with Gasteiger partial charge >= 0.3 is 0 Å². The van der Waals surface area contributed by atoms with Crippen LogP contribution in [-0.4, -0.2) is 35.2 Å². The quantitative estimate of drug-likeness (QED) is 0.607. The van der Waals surface area contributed by atoms with E-state index in [0.29, 0.717) is 12.6 Å². The van der Waals surface area contributed by atoms with Crippen molar-refractivity contribution in [2.75, 3.05) is 13.2 Å². The molecule has 2 fully saturated rings. The minimum atomic E-state index is 0.364. The Bertz CT molecular complexity index is 146. The molecule has 0 bridgehead atoms. The molecule has 3 unspecified atom stereocenters. The normalized spacial score (nSPS) is 44.7. The first-order chi connectivity index (χ1) is 5.31. The Morgan fingerprint density at radius 2 is 2.27 bits per heavy atom. The van der Waals surface area contributed by atoms with Crippen LogP contribution in [-0.2, 0) is 0 Å². The molecule has 0 aliphatic carbocycles. The Kier molecular flexibility index (Phi) is 1.90. The number of aliphatic hydroxyl groups is 1. The molecule has 3 atom stereocenters. The molecule has 1 N–H and O–H groups in total. The van der Waals surface area contributed by atoms with Crippen LogP contribution < -0.4 is 0 Å². The minimum absolute atomic E-state index is 0.364. The van der Waals surface area contributed by atoms with Crippen molar-refractivity contribution in [3.8, 4) is 0 Å². The highest BCUT2D eigenvalue weighted by atomic mass is 16.3. The summed E-state index contributed by atoms with van der Waals surface area (Å²) in [6, 6.07) is 1.30. The molecule has 2 heteroatoms. The summed E-state index contributed by atoms with van der Waals surface area (Å²) in [5.41, 5.74) is 0. The van der Waals surface area contributed by atoms with Gasteiger partial charge in [0.15, 0.2) is 0 Å². The van der Waals surface area contributed by atoms with Gasteiger partial charge in [-0.25, -0.2) is 0 Å². The lowest BCUT2D eigenvalue weighted by atomic mass is 10.0. The van der Waals surface area contributed by atoms with Crippen molar-refractivity contribution in [1.29, 1.82) is 0 Å². The van der Waals surface area contributed by atoms with Gasteiger partial charge < -0.3 is 5.11 Å². The van der Waals surface area contributed by atoms with Crippen LogP contribution in [0.2, 0.25) is 0 Å². The molecule has 2 saturated heterocycles. The van der Waals surface area contributed by atoms with Crippen molar-refractivity contribution >= 4 is 0 Å².